The molecule has 0 spiro atoms. The summed E-state index contributed by atoms with van der Waals surface area (Å²) >= 11 is 0. The van der Waals surface area contributed by atoms with Gasteiger partial charge in [-0.3, -0.25) is 4.21 Å². The van der Waals surface area contributed by atoms with Crippen LogP contribution in [0.2, 0.25) is 0 Å². The minimum atomic E-state index is -1.16. The number of amides is 1. The van der Waals surface area contributed by atoms with Gasteiger partial charge in [-0.05, 0) is 48.7 Å². The third-order valence-electron chi connectivity index (χ3n) is 4.55. The number of nitrogens with one attached hydrogen (secondary N) is 1. The molecule has 1 amide bonds. The van der Waals surface area contributed by atoms with Crippen molar-refractivity contribution in [1.29, 1.82) is 0 Å². The van der Waals surface area contributed by atoms with Gasteiger partial charge in [0.2, 0.25) is 0 Å². The first kappa shape index (κ1) is 18.6. The zero-order chi connectivity index (χ0) is 18.5. The normalized spacial score (nSPS) is 16.1. The van der Waals surface area contributed by atoms with Crippen LogP contribution in [0, 0.1) is 5.82 Å². The molecule has 0 bridgehead atoms. The maximum Gasteiger partial charge on any atom is 0.412 e. The molecule has 1 fully saturated rings. The molecule has 4 nitrogen and oxygen atoms in total. The van der Waals surface area contributed by atoms with Crippen molar-refractivity contribution in [2.24, 2.45) is 0 Å². The highest BCUT2D eigenvalue weighted by Gasteiger charge is 2.17. The van der Waals surface area contributed by atoms with E-state index in [1.54, 1.807) is 30.5 Å². The lowest BCUT2D eigenvalue weighted by Gasteiger charge is -2.22. The molecule has 0 aliphatic heterocycles. The molecular weight excluding hydrogens is 353 g/mol. The van der Waals surface area contributed by atoms with Crippen LogP contribution in [0.5, 0.6) is 5.75 Å². The van der Waals surface area contributed by atoms with Crippen LogP contribution in [-0.4, -0.2) is 22.6 Å². The minimum absolute atomic E-state index is 0.146. The van der Waals surface area contributed by atoms with Crippen molar-refractivity contribution in [1.82, 2.24) is 5.32 Å². The summed E-state index contributed by atoms with van der Waals surface area (Å²) in [4.78, 5) is 12.7. The standard InChI is InChI=1S/C20H22FNO3S/c1-26(24)17-9-5-6-14(12-17)18-13-16(10-11-19(18)21)25-20(23)22-15-7-3-2-4-8-15/h5-6,9-13,15H,2-4,7-8H2,1H3,(H,22,23). The van der Waals surface area contributed by atoms with E-state index in [9.17, 15) is 13.4 Å². The van der Waals surface area contributed by atoms with E-state index in [4.69, 9.17) is 4.74 Å². The lowest BCUT2D eigenvalue weighted by Crippen LogP contribution is -2.38. The number of carbonyl (C=O) groups excluding carboxylic acids is 1. The molecular formula is C20H22FNO3S. The van der Waals surface area contributed by atoms with Gasteiger partial charge >= 0.3 is 6.09 Å². The maximum absolute atomic E-state index is 14.3. The topological polar surface area (TPSA) is 55.4 Å². The first-order valence-electron chi connectivity index (χ1n) is 8.74. The Labute approximate surface area is 155 Å². The minimum Gasteiger partial charge on any atom is -0.410 e. The predicted molar refractivity (Wildman–Crippen MR) is 100 cm³/mol. The monoisotopic (exact) mass is 375 g/mol. The first-order valence-corrected chi connectivity index (χ1v) is 10.3. The van der Waals surface area contributed by atoms with E-state index in [1.807, 2.05) is 0 Å². The van der Waals surface area contributed by atoms with Gasteiger partial charge in [-0.15, -0.1) is 0 Å². The van der Waals surface area contributed by atoms with Crippen molar-refractivity contribution >= 4 is 16.9 Å². The van der Waals surface area contributed by atoms with Crippen molar-refractivity contribution in [2.75, 3.05) is 6.26 Å². The van der Waals surface area contributed by atoms with Crippen molar-refractivity contribution in [2.45, 2.75) is 43.0 Å². The summed E-state index contributed by atoms with van der Waals surface area (Å²) in [6.45, 7) is 0. The van der Waals surface area contributed by atoms with Crippen molar-refractivity contribution < 1.29 is 18.1 Å². The van der Waals surface area contributed by atoms with Crippen LogP contribution in [0.4, 0.5) is 9.18 Å². The third kappa shape index (κ3) is 4.69. The third-order valence-corrected chi connectivity index (χ3v) is 5.47. The summed E-state index contributed by atoms with van der Waals surface area (Å²) in [5.41, 5.74) is 0.897. The fraction of sp³-hybridized carbons (Fsp3) is 0.350. The molecule has 0 radical (unpaired) electrons. The molecule has 2 aromatic rings. The molecule has 1 aliphatic rings. The molecule has 6 heteroatoms. The molecule has 0 heterocycles. The number of hydrogen-bond donors (Lipinski definition) is 1. The smallest absolute Gasteiger partial charge is 0.410 e. The Morgan fingerprint density at radius 3 is 2.65 bits per heavy atom. The molecule has 1 saturated carbocycles. The Kier molecular flexibility index (Phi) is 6.04. The van der Waals surface area contributed by atoms with E-state index in [0.717, 1.165) is 25.7 Å². The molecule has 2 aromatic carbocycles. The Hall–Kier alpha value is -2.21. The molecule has 0 aromatic heterocycles. The fourth-order valence-electron chi connectivity index (χ4n) is 3.18. The first-order chi connectivity index (χ1) is 12.5. The summed E-state index contributed by atoms with van der Waals surface area (Å²) in [5, 5.41) is 2.87. The molecule has 1 unspecified atom stereocenters. The largest absolute Gasteiger partial charge is 0.412 e. The molecule has 1 atom stereocenters. The SMILES string of the molecule is CS(=O)c1cccc(-c2cc(OC(=O)NC3CCCCC3)ccc2F)c1. The number of carbonyl (C=O) groups is 1. The van der Waals surface area contributed by atoms with Gasteiger partial charge in [0, 0.05) is 33.6 Å². The van der Waals surface area contributed by atoms with Crippen LogP contribution in [-0.2, 0) is 10.8 Å². The van der Waals surface area contributed by atoms with E-state index >= 15 is 0 Å². The Morgan fingerprint density at radius 1 is 1.15 bits per heavy atom. The second-order valence-corrected chi connectivity index (χ2v) is 7.87. The van der Waals surface area contributed by atoms with Gasteiger partial charge in [0.25, 0.3) is 0 Å². The van der Waals surface area contributed by atoms with Crippen LogP contribution in [0.25, 0.3) is 11.1 Å². The number of halogens is 1. The molecule has 138 valence electrons. The lowest BCUT2D eigenvalue weighted by atomic mass is 9.96. The summed E-state index contributed by atoms with van der Waals surface area (Å²) in [6, 6.07) is 11.2. The molecule has 26 heavy (non-hydrogen) atoms. The quantitative estimate of drug-likeness (QED) is 0.846. The second kappa shape index (κ2) is 8.45. The van der Waals surface area contributed by atoms with E-state index in [1.165, 1.54) is 24.6 Å². The highest BCUT2D eigenvalue weighted by atomic mass is 32.2. The van der Waals surface area contributed by atoms with E-state index in [0.29, 0.717) is 16.0 Å². The molecule has 1 aliphatic carbocycles. The van der Waals surface area contributed by atoms with Crippen molar-refractivity contribution in [3.63, 3.8) is 0 Å². The van der Waals surface area contributed by atoms with Crippen LogP contribution < -0.4 is 10.1 Å². The maximum atomic E-state index is 14.3. The van der Waals surface area contributed by atoms with Gasteiger partial charge in [-0.25, -0.2) is 9.18 Å². The average molecular weight is 375 g/mol. The van der Waals surface area contributed by atoms with Crippen molar-refractivity contribution in [3.8, 4) is 16.9 Å². The zero-order valence-corrected chi connectivity index (χ0v) is 15.5. The fourth-order valence-corrected chi connectivity index (χ4v) is 3.74. The Morgan fingerprint density at radius 2 is 1.92 bits per heavy atom. The van der Waals surface area contributed by atoms with Crippen LogP contribution >= 0.6 is 0 Å². The Bertz CT molecular complexity index is 818. The van der Waals surface area contributed by atoms with E-state index < -0.39 is 22.7 Å². The highest BCUT2D eigenvalue weighted by Crippen LogP contribution is 2.28. The number of ether oxygens (including phenoxy) is 1. The molecule has 0 saturated heterocycles. The van der Waals surface area contributed by atoms with Crippen LogP contribution in [0.15, 0.2) is 47.4 Å². The molecule has 1 N–H and O–H groups in total. The van der Waals surface area contributed by atoms with Gasteiger partial charge in [-0.2, -0.15) is 0 Å². The summed E-state index contributed by atoms with van der Waals surface area (Å²) in [5.74, 6) is -0.151. The summed E-state index contributed by atoms with van der Waals surface area (Å²) in [7, 11) is -1.16. The number of rotatable bonds is 4. The molecule has 3 rings (SSSR count). The summed E-state index contributed by atoms with van der Waals surface area (Å²) < 4.78 is 31.3. The lowest BCUT2D eigenvalue weighted by molar-refractivity contribution is 0.192. The van der Waals surface area contributed by atoms with Gasteiger partial charge < -0.3 is 10.1 Å². The van der Waals surface area contributed by atoms with Crippen LogP contribution in [0.3, 0.4) is 0 Å². The Balaban J connectivity index is 1.76. The van der Waals surface area contributed by atoms with Gasteiger partial charge in [0.15, 0.2) is 0 Å². The zero-order valence-electron chi connectivity index (χ0n) is 14.7. The van der Waals surface area contributed by atoms with Gasteiger partial charge in [0.05, 0.1) is 0 Å². The van der Waals surface area contributed by atoms with Crippen LogP contribution in [0.1, 0.15) is 32.1 Å². The number of hydrogen-bond acceptors (Lipinski definition) is 3. The highest BCUT2D eigenvalue weighted by molar-refractivity contribution is 7.84. The number of benzene rings is 2. The predicted octanol–water partition coefficient (Wildman–Crippen LogP) is 4.65. The van der Waals surface area contributed by atoms with Gasteiger partial charge in [0.1, 0.15) is 11.6 Å². The average Bonchev–Trinajstić information content (AvgIpc) is 2.64. The summed E-state index contributed by atoms with van der Waals surface area (Å²) in [6.07, 6.45) is 6.41. The van der Waals surface area contributed by atoms with E-state index in [-0.39, 0.29) is 11.8 Å². The van der Waals surface area contributed by atoms with Crippen molar-refractivity contribution in [3.05, 3.63) is 48.3 Å². The van der Waals surface area contributed by atoms with Gasteiger partial charge in [-0.1, -0.05) is 31.4 Å². The second-order valence-electron chi connectivity index (χ2n) is 6.49. The van der Waals surface area contributed by atoms with E-state index in [2.05, 4.69) is 5.32 Å².